The topological polar surface area (TPSA) is 23.8 Å². The molecule has 1 rings (SSSR count). The summed E-state index contributed by atoms with van der Waals surface area (Å²) in [6, 6.07) is 9.24. The van der Waals surface area contributed by atoms with Gasteiger partial charge in [0.15, 0.2) is 0 Å². The molecule has 1 aromatic carbocycles. The fourth-order valence-electron chi connectivity index (χ4n) is 1.08. The average Bonchev–Trinajstić information content (AvgIpc) is 2.19. The number of hydrogen-bond acceptors (Lipinski definition) is 1. The summed E-state index contributed by atoms with van der Waals surface area (Å²) in [4.78, 5) is 0. The van der Waals surface area contributed by atoms with Crippen LogP contribution in [0, 0.1) is 11.3 Å². The van der Waals surface area contributed by atoms with E-state index >= 15 is 0 Å². The summed E-state index contributed by atoms with van der Waals surface area (Å²) in [5.41, 5.74) is 1.37. The number of benzene rings is 1. The molecule has 0 bridgehead atoms. The van der Waals surface area contributed by atoms with Crippen LogP contribution >= 0.6 is 23.2 Å². The van der Waals surface area contributed by atoms with Crippen molar-refractivity contribution in [2.45, 2.75) is 13.3 Å². The van der Waals surface area contributed by atoms with E-state index in [0.717, 1.165) is 5.56 Å². The highest BCUT2D eigenvalue weighted by Gasteiger charge is 2.04. The molecular formula is C11H9Cl2N. The zero-order valence-corrected chi connectivity index (χ0v) is 9.23. The van der Waals surface area contributed by atoms with E-state index in [9.17, 15) is 0 Å². The van der Waals surface area contributed by atoms with Crippen LogP contribution in [-0.2, 0) is 0 Å². The second-order valence-electron chi connectivity index (χ2n) is 2.77. The first-order chi connectivity index (χ1) is 6.69. The Morgan fingerprint density at radius 1 is 1.50 bits per heavy atom. The Kier molecular flexibility index (Phi) is 4.00. The molecule has 3 heteroatoms. The molecule has 0 unspecified atom stereocenters. The highest BCUT2D eigenvalue weighted by atomic mass is 35.5. The summed E-state index contributed by atoms with van der Waals surface area (Å²) in [5.74, 6) is 0. The van der Waals surface area contributed by atoms with Crippen molar-refractivity contribution >= 4 is 28.2 Å². The molecule has 0 atom stereocenters. The number of nitriles is 1. The van der Waals surface area contributed by atoms with E-state index in [1.54, 1.807) is 12.1 Å². The molecule has 72 valence electrons. The van der Waals surface area contributed by atoms with Crippen molar-refractivity contribution in [3.8, 4) is 6.07 Å². The number of rotatable bonds is 2. The van der Waals surface area contributed by atoms with E-state index in [4.69, 9.17) is 28.5 Å². The van der Waals surface area contributed by atoms with Gasteiger partial charge in [-0.25, -0.2) is 0 Å². The van der Waals surface area contributed by atoms with Gasteiger partial charge in [0.25, 0.3) is 0 Å². The molecule has 0 N–H and O–H groups in total. The Morgan fingerprint density at radius 3 is 2.71 bits per heavy atom. The third-order valence-corrected chi connectivity index (χ3v) is 2.51. The van der Waals surface area contributed by atoms with Crippen LogP contribution < -0.4 is 0 Å². The van der Waals surface area contributed by atoms with Crippen LogP contribution in [0.1, 0.15) is 18.9 Å². The minimum atomic E-state index is 0.484. The maximum absolute atomic E-state index is 8.80. The normalized spacial score (nSPS) is 11.9. The van der Waals surface area contributed by atoms with Gasteiger partial charge >= 0.3 is 0 Å². The Labute approximate surface area is 93.6 Å². The van der Waals surface area contributed by atoms with Crippen molar-refractivity contribution in [1.82, 2.24) is 0 Å². The lowest BCUT2D eigenvalue weighted by Crippen LogP contribution is -1.83. The number of halogens is 2. The molecule has 1 nitrogen and oxygen atoms in total. The molecule has 0 saturated carbocycles. The lowest BCUT2D eigenvalue weighted by Gasteiger charge is -2.02. The first kappa shape index (κ1) is 11.1. The molecular weight excluding hydrogens is 217 g/mol. The van der Waals surface area contributed by atoms with Crippen LogP contribution in [0.4, 0.5) is 0 Å². The predicted molar refractivity (Wildman–Crippen MR) is 60.1 cm³/mol. The summed E-state index contributed by atoms with van der Waals surface area (Å²) in [6.07, 6.45) is 0.627. The summed E-state index contributed by atoms with van der Waals surface area (Å²) >= 11 is 11.9. The van der Waals surface area contributed by atoms with Gasteiger partial charge in [0.1, 0.15) is 0 Å². The van der Waals surface area contributed by atoms with E-state index in [1.165, 1.54) is 0 Å². The fraction of sp³-hybridized carbons (Fsp3) is 0.182. The van der Waals surface area contributed by atoms with Crippen LogP contribution in [0.15, 0.2) is 29.8 Å². The van der Waals surface area contributed by atoms with Crippen molar-refractivity contribution in [3.05, 3.63) is 40.4 Å². The molecule has 0 heterocycles. The van der Waals surface area contributed by atoms with Gasteiger partial charge in [-0.3, -0.25) is 0 Å². The first-order valence-corrected chi connectivity index (χ1v) is 4.99. The standard InChI is InChI=1S/C11H9Cl2N/c1-2-8(7-14)11(13)9-4-3-5-10(12)6-9/h3-6H,2H2,1H3/b11-8-. The maximum atomic E-state index is 8.80. The largest absolute Gasteiger partial charge is 0.193 e. The van der Waals surface area contributed by atoms with E-state index in [1.807, 2.05) is 19.1 Å². The summed E-state index contributed by atoms with van der Waals surface area (Å²) < 4.78 is 0. The van der Waals surface area contributed by atoms with Crippen LogP contribution in [0.2, 0.25) is 5.02 Å². The lowest BCUT2D eigenvalue weighted by molar-refractivity contribution is 1.16. The molecule has 0 aliphatic carbocycles. The van der Waals surface area contributed by atoms with Gasteiger partial charge in [-0.2, -0.15) is 5.26 Å². The molecule has 0 aliphatic rings. The molecule has 14 heavy (non-hydrogen) atoms. The maximum Gasteiger partial charge on any atom is 0.0962 e. The first-order valence-electron chi connectivity index (χ1n) is 4.23. The number of allylic oxidation sites excluding steroid dienone is 1. The van der Waals surface area contributed by atoms with Crippen molar-refractivity contribution in [2.75, 3.05) is 0 Å². The summed E-state index contributed by atoms with van der Waals surface area (Å²) in [5, 5.41) is 9.91. The Hall–Kier alpha value is -0.970. The van der Waals surface area contributed by atoms with Crippen LogP contribution in [0.3, 0.4) is 0 Å². The minimum absolute atomic E-state index is 0.484. The summed E-state index contributed by atoms with van der Waals surface area (Å²) in [7, 11) is 0. The van der Waals surface area contributed by atoms with Gasteiger partial charge in [0.2, 0.25) is 0 Å². The highest BCUT2D eigenvalue weighted by molar-refractivity contribution is 6.49. The molecule has 0 amide bonds. The van der Waals surface area contributed by atoms with Crippen LogP contribution in [-0.4, -0.2) is 0 Å². The van der Waals surface area contributed by atoms with Gasteiger partial charge in [0.05, 0.1) is 11.1 Å². The second-order valence-corrected chi connectivity index (χ2v) is 3.58. The van der Waals surface area contributed by atoms with E-state index in [0.29, 0.717) is 22.0 Å². The molecule has 0 aliphatic heterocycles. The minimum Gasteiger partial charge on any atom is -0.193 e. The van der Waals surface area contributed by atoms with Gasteiger partial charge < -0.3 is 0 Å². The van der Waals surface area contributed by atoms with Gasteiger partial charge in [0, 0.05) is 10.6 Å². The summed E-state index contributed by atoms with van der Waals surface area (Å²) in [6.45, 7) is 1.89. The molecule has 0 saturated heterocycles. The third-order valence-electron chi connectivity index (χ3n) is 1.83. The Morgan fingerprint density at radius 2 is 2.21 bits per heavy atom. The molecule has 0 fully saturated rings. The Balaban J connectivity index is 3.18. The number of hydrogen-bond donors (Lipinski definition) is 0. The monoisotopic (exact) mass is 225 g/mol. The predicted octanol–water partition coefficient (Wildman–Crippen LogP) is 4.22. The quantitative estimate of drug-likeness (QED) is 0.692. The van der Waals surface area contributed by atoms with Crippen molar-refractivity contribution in [2.24, 2.45) is 0 Å². The molecule has 0 spiro atoms. The molecule has 0 aromatic heterocycles. The smallest absolute Gasteiger partial charge is 0.0962 e. The highest BCUT2D eigenvalue weighted by Crippen LogP contribution is 2.26. The van der Waals surface area contributed by atoms with Gasteiger partial charge in [-0.05, 0) is 24.1 Å². The van der Waals surface area contributed by atoms with E-state index in [-0.39, 0.29) is 0 Å². The fourth-order valence-corrected chi connectivity index (χ4v) is 1.57. The van der Waals surface area contributed by atoms with Crippen molar-refractivity contribution in [1.29, 1.82) is 5.26 Å². The molecule has 0 radical (unpaired) electrons. The SMILES string of the molecule is CC/C(C#N)=C(/Cl)c1cccc(Cl)c1. The number of nitrogens with zero attached hydrogens (tertiary/aromatic N) is 1. The zero-order valence-electron chi connectivity index (χ0n) is 7.72. The second kappa shape index (κ2) is 5.05. The van der Waals surface area contributed by atoms with Crippen molar-refractivity contribution in [3.63, 3.8) is 0 Å². The van der Waals surface area contributed by atoms with Crippen molar-refractivity contribution < 1.29 is 0 Å². The van der Waals surface area contributed by atoms with Crippen LogP contribution in [0.5, 0.6) is 0 Å². The average molecular weight is 226 g/mol. The Bertz CT molecular complexity index is 402. The van der Waals surface area contributed by atoms with Crippen LogP contribution in [0.25, 0.3) is 5.03 Å². The van der Waals surface area contributed by atoms with Gasteiger partial charge in [-0.15, -0.1) is 0 Å². The van der Waals surface area contributed by atoms with Gasteiger partial charge in [-0.1, -0.05) is 42.3 Å². The zero-order chi connectivity index (χ0) is 10.6. The van der Waals surface area contributed by atoms with E-state index < -0.39 is 0 Å². The lowest BCUT2D eigenvalue weighted by atomic mass is 10.1. The molecule has 1 aromatic rings. The van der Waals surface area contributed by atoms with E-state index in [2.05, 4.69) is 6.07 Å². The third kappa shape index (κ3) is 2.51.